The third-order valence-electron chi connectivity index (χ3n) is 2.73. The highest BCUT2D eigenvalue weighted by atomic mass is 16.5. The van der Waals surface area contributed by atoms with Crippen LogP contribution in [0, 0.1) is 6.92 Å². The van der Waals surface area contributed by atoms with Gasteiger partial charge in [0.2, 0.25) is 11.7 Å². The van der Waals surface area contributed by atoms with Crippen LogP contribution in [0.3, 0.4) is 0 Å². The fourth-order valence-corrected chi connectivity index (χ4v) is 1.79. The number of hydrogen-bond donors (Lipinski definition) is 2. The van der Waals surface area contributed by atoms with Gasteiger partial charge < -0.3 is 15.2 Å². The number of aryl methyl sites for hydroxylation is 1. The third-order valence-corrected chi connectivity index (χ3v) is 2.73. The molecule has 2 N–H and O–H groups in total. The number of aromatic nitrogens is 1. The van der Waals surface area contributed by atoms with Gasteiger partial charge in [-0.3, -0.25) is 9.59 Å². The molecule has 0 aliphatic carbocycles. The van der Waals surface area contributed by atoms with Crippen molar-refractivity contribution < 1.29 is 14.1 Å². The van der Waals surface area contributed by atoms with Crippen LogP contribution in [-0.2, 0) is 4.79 Å². The van der Waals surface area contributed by atoms with Gasteiger partial charge >= 0.3 is 0 Å². The number of rotatable bonds is 5. The second-order valence-electron chi connectivity index (χ2n) is 4.67. The van der Waals surface area contributed by atoms with Crippen LogP contribution in [0.15, 0.2) is 34.9 Å². The highest BCUT2D eigenvalue weighted by Crippen LogP contribution is 2.16. The Morgan fingerprint density at radius 2 is 1.90 bits per heavy atom. The molecular weight excluding hydrogens is 270 g/mol. The molecule has 2 amide bonds. The summed E-state index contributed by atoms with van der Waals surface area (Å²) in [6.07, 6.45) is 1.25. The lowest BCUT2D eigenvalue weighted by molar-refractivity contribution is -0.116. The zero-order valence-electron chi connectivity index (χ0n) is 12.0. The summed E-state index contributed by atoms with van der Waals surface area (Å²) < 4.78 is 4.89. The Kier molecular flexibility index (Phi) is 4.71. The average molecular weight is 287 g/mol. The number of nitrogens with zero attached hydrogens (tertiary/aromatic N) is 1. The molecule has 0 bridgehead atoms. The predicted molar refractivity (Wildman–Crippen MR) is 79.2 cm³/mol. The van der Waals surface area contributed by atoms with E-state index in [-0.39, 0.29) is 17.6 Å². The average Bonchev–Trinajstić information content (AvgIpc) is 2.86. The summed E-state index contributed by atoms with van der Waals surface area (Å²) in [7, 11) is 0. The summed E-state index contributed by atoms with van der Waals surface area (Å²) in [5.74, 6) is -0.285. The van der Waals surface area contributed by atoms with Crippen molar-refractivity contribution in [3.8, 4) is 0 Å². The smallest absolute Gasteiger partial charge is 0.294 e. The molecule has 0 atom stereocenters. The monoisotopic (exact) mass is 287 g/mol. The Balaban J connectivity index is 2.04. The van der Waals surface area contributed by atoms with Crippen molar-refractivity contribution in [2.24, 2.45) is 0 Å². The van der Waals surface area contributed by atoms with Gasteiger partial charge in [0.05, 0.1) is 5.69 Å². The molecule has 0 unspecified atom stereocenters. The molecule has 0 spiro atoms. The molecule has 6 nitrogen and oxygen atoms in total. The molecule has 6 heteroatoms. The molecular formula is C15H17N3O3. The minimum Gasteiger partial charge on any atom is -0.351 e. The van der Waals surface area contributed by atoms with E-state index in [2.05, 4.69) is 15.8 Å². The molecule has 0 saturated carbocycles. The van der Waals surface area contributed by atoms with Gasteiger partial charge in [-0.05, 0) is 31.5 Å². The lowest BCUT2D eigenvalue weighted by Gasteiger charge is -2.07. The van der Waals surface area contributed by atoms with Gasteiger partial charge in [0.25, 0.3) is 5.91 Å². The third kappa shape index (κ3) is 4.17. The summed E-state index contributed by atoms with van der Waals surface area (Å²) in [5.41, 5.74) is 1.85. The predicted octanol–water partition coefficient (Wildman–Crippen LogP) is 2.97. The highest BCUT2D eigenvalue weighted by Gasteiger charge is 2.12. The van der Waals surface area contributed by atoms with Gasteiger partial charge in [0.15, 0.2) is 0 Å². The molecule has 2 aromatic rings. The number of benzene rings is 1. The van der Waals surface area contributed by atoms with E-state index < -0.39 is 0 Å². The quantitative estimate of drug-likeness (QED) is 0.885. The number of hydrogen-bond acceptors (Lipinski definition) is 4. The van der Waals surface area contributed by atoms with Gasteiger partial charge in [-0.2, -0.15) is 0 Å². The van der Waals surface area contributed by atoms with Crippen molar-refractivity contribution in [1.82, 2.24) is 5.16 Å². The first-order valence-electron chi connectivity index (χ1n) is 6.73. The standard InChI is InChI=1S/C15H17N3O3/c1-3-5-14(19)16-11-6-4-7-12(9-11)17-15(20)13-8-10(2)18-21-13/h4,6-9H,3,5H2,1-2H3,(H,16,19)(H,17,20). The Morgan fingerprint density at radius 3 is 2.52 bits per heavy atom. The fourth-order valence-electron chi connectivity index (χ4n) is 1.79. The number of carbonyl (C=O) groups excluding carboxylic acids is 2. The zero-order chi connectivity index (χ0) is 15.2. The summed E-state index contributed by atoms with van der Waals surface area (Å²) >= 11 is 0. The summed E-state index contributed by atoms with van der Waals surface area (Å²) in [5, 5.41) is 9.13. The van der Waals surface area contributed by atoms with Crippen molar-refractivity contribution in [2.45, 2.75) is 26.7 Å². The van der Waals surface area contributed by atoms with E-state index in [1.54, 1.807) is 37.3 Å². The van der Waals surface area contributed by atoms with Crippen molar-refractivity contribution in [1.29, 1.82) is 0 Å². The molecule has 21 heavy (non-hydrogen) atoms. The fraction of sp³-hybridized carbons (Fsp3) is 0.267. The first-order chi connectivity index (χ1) is 10.1. The molecule has 0 aliphatic heterocycles. The van der Waals surface area contributed by atoms with Crippen molar-refractivity contribution in [3.63, 3.8) is 0 Å². The topological polar surface area (TPSA) is 84.2 Å². The van der Waals surface area contributed by atoms with Gasteiger partial charge in [0.1, 0.15) is 0 Å². The molecule has 2 rings (SSSR count). The van der Waals surface area contributed by atoms with Crippen molar-refractivity contribution in [2.75, 3.05) is 10.6 Å². The lowest BCUT2D eigenvalue weighted by atomic mass is 10.2. The summed E-state index contributed by atoms with van der Waals surface area (Å²) in [6.45, 7) is 3.68. The van der Waals surface area contributed by atoms with E-state index in [1.807, 2.05) is 6.92 Å². The molecule has 1 heterocycles. The van der Waals surface area contributed by atoms with Crippen molar-refractivity contribution in [3.05, 3.63) is 41.8 Å². The maximum atomic E-state index is 11.9. The molecule has 1 aromatic heterocycles. The number of anilines is 2. The van der Waals surface area contributed by atoms with E-state index in [9.17, 15) is 9.59 Å². The van der Waals surface area contributed by atoms with Crippen LogP contribution in [0.1, 0.15) is 36.0 Å². The van der Waals surface area contributed by atoms with E-state index in [4.69, 9.17) is 4.52 Å². The Hall–Kier alpha value is -2.63. The second kappa shape index (κ2) is 6.69. The summed E-state index contributed by atoms with van der Waals surface area (Å²) in [6, 6.07) is 8.50. The Bertz CT molecular complexity index is 649. The molecule has 0 aliphatic rings. The van der Waals surface area contributed by atoms with Crippen molar-refractivity contribution >= 4 is 23.2 Å². The first-order valence-corrected chi connectivity index (χ1v) is 6.73. The maximum absolute atomic E-state index is 11.9. The minimum absolute atomic E-state index is 0.0492. The number of amides is 2. The van der Waals surface area contributed by atoms with Gasteiger partial charge in [0, 0.05) is 23.9 Å². The molecule has 0 saturated heterocycles. The largest absolute Gasteiger partial charge is 0.351 e. The maximum Gasteiger partial charge on any atom is 0.294 e. The van der Waals surface area contributed by atoms with Crippen LogP contribution in [-0.4, -0.2) is 17.0 Å². The van der Waals surface area contributed by atoms with Crippen LogP contribution in [0.5, 0.6) is 0 Å². The normalized spacial score (nSPS) is 10.2. The number of nitrogens with one attached hydrogen (secondary N) is 2. The SMILES string of the molecule is CCCC(=O)Nc1cccc(NC(=O)c2cc(C)no2)c1. The minimum atomic E-state index is -0.382. The molecule has 110 valence electrons. The van der Waals surface area contributed by atoms with Crippen LogP contribution in [0.25, 0.3) is 0 Å². The first kappa shape index (κ1) is 14.8. The van der Waals surface area contributed by atoms with Crippen LogP contribution >= 0.6 is 0 Å². The van der Waals surface area contributed by atoms with E-state index in [0.717, 1.165) is 6.42 Å². The zero-order valence-corrected chi connectivity index (χ0v) is 12.0. The van der Waals surface area contributed by atoms with Crippen LogP contribution in [0.2, 0.25) is 0 Å². The lowest BCUT2D eigenvalue weighted by Crippen LogP contribution is -2.13. The molecule has 0 radical (unpaired) electrons. The molecule has 1 aromatic carbocycles. The van der Waals surface area contributed by atoms with Crippen LogP contribution < -0.4 is 10.6 Å². The second-order valence-corrected chi connectivity index (χ2v) is 4.67. The van der Waals surface area contributed by atoms with Gasteiger partial charge in [-0.25, -0.2) is 0 Å². The highest BCUT2D eigenvalue weighted by molar-refractivity contribution is 6.02. The van der Waals surface area contributed by atoms with E-state index >= 15 is 0 Å². The molecule has 0 fully saturated rings. The Morgan fingerprint density at radius 1 is 1.19 bits per heavy atom. The van der Waals surface area contributed by atoms with Crippen LogP contribution in [0.4, 0.5) is 11.4 Å². The van der Waals surface area contributed by atoms with Gasteiger partial charge in [-0.1, -0.05) is 18.1 Å². The van der Waals surface area contributed by atoms with E-state index in [0.29, 0.717) is 23.5 Å². The van der Waals surface area contributed by atoms with E-state index in [1.165, 1.54) is 0 Å². The van der Waals surface area contributed by atoms with Gasteiger partial charge in [-0.15, -0.1) is 0 Å². The summed E-state index contributed by atoms with van der Waals surface area (Å²) in [4.78, 5) is 23.5. The number of carbonyl (C=O) groups is 2. The Labute approximate surface area is 122 Å².